The van der Waals surface area contributed by atoms with E-state index in [4.69, 9.17) is 4.74 Å². The highest BCUT2D eigenvalue weighted by molar-refractivity contribution is 5.20. The molecule has 3 rings (SSSR count). The average molecular weight is 345 g/mol. The minimum absolute atomic E-state index is 0.165. The maximum atomic E-state index is 13.9. The zero-order valence-corrected chi connectivity index (χ0v) is 14.7. The van der Waals surface area contributed by atoms with Gasteiger partial charge in [0.15, 0.2) is 0 Å². The monoisotopic (exact) mass is 345 g/mol. The number of piperidine rings is 1. The number of ether oxygens (including phenoxy) is 1. The first-order chi connectivity index (χ1) is 12.1. The molecule has 4 heteroatoms. The topological polar surface area (TPSA) is 12.5 Å². The lowest BCUT2D eigenvalue weighted by Crippen LogP contribution is -2.52. The van der Waals surface area contributed by atoms with Crippen molar-refractivity contribution in [2.24, 2.45) is 0 Å². The predicted octanol–water partition coefficient (Wildman–Crippen LogP) is 4.93. The molecule has 2 aromatic carbocycles. The van der Waals surface area contributed by atoms with Crippen molar-refractivity contribution in [3.05, 3.63) is 71.3 Å². The van der Waals surface area contributed by atoms with Gasteiger partial charge in [-0.15, -0.1) is 0 Å². The van der Waals surface area contributed by atoms with Gasteiger partial charge in [-0.1, -0.05) is 36.4 Å². The summed E-state index contributed by atoms with van der Waals surface area (Å²) >= 11 is 0. The van der Waals surface area contributed by atoms with Crippen molar-refractivity contribution in [1.29, 1.82) is 0 Å². The highest BCUT2D eigenvalue weighted by Crippen LogP contribution is 2.30. The van der Waals surface area contributed by atoms with E-state index in [0.717, 1.165) is 31.4 Å². The molecule has 1 saturated heterocycles. The molecular weight excluding hydrogens is 320 g/mol. The van der Waals surface area contributed by atoms with E-state index in [0.29, 0.717) is 19.6 Å². The SMILES string of the molecule is CC1(OCc2ccccc2)CCCCN1CCc1c(F)cccc1F. The van der Waals surface area contributed by atoms with E-state index in [1.165, 1.54) is 18.2 Å². The van der Waals surface area contributed by atoms with Gasteiger partial charge in [0, 0.05) is 18.7 Å². The summed E-state index contributed by atoms with van der Waals surface area (Å²) in [6, 6.07) is 14.1. The van der Waals surface area contributed by atoms with Crippen molar-refractivity contribution in [2.45, 2.75) is 44.9 Å². The predicted molar refractivity (Wildman–Crippen MR) is 95.1 cm³/mol. The number of benzene rings is 2. The van der Waals surface area contributed by atoms with Gasteiger partial charge in [0.05, 0.1) is 6.61 Å². The molecule has 0 saturated carbocycles. The Labute approximate surface area is 148 Å². The molecule has 134 valence electrons. The van der Waals surface area contributed by atoms with Gasteiger partial charge < -0.3 is 4.74 Å². The van der Waals surface area contributed by atoms with E-state index in [9.17, 15) is 8.78 Å². The number of nitrogens with zero attached hydrogens (tertiary/aromatic N) is 1. The normalized spacial score (nSPS) is 21.4. The molecule has 0 bridgehead atoms. The van der Waals surface area contributed by atoms with Crippen molar-refractivity contribution in [1.82, 2.24) is 4.90 Å². The Balaban J connectivity index is 1.65. The van der Waals surface area contributed by atoms with Crippen LogP contribution in [0.15, 0.2) is 48.5 Å². The third-order valence-corrected chi connectivity index (χ3v) is 5.07. The molecule has 1 fully saturated rings. The Kier molecular flexibility index (Phi) is 5.82. The Morgan fingerprint density at radius 1 is 1.00 bits per heavy atom. The number of rotatable bonds is 6. The zero-order valence-electron chi connectivity index (χ0n) is 14.7. The molecule has 0 aliphatic carbocycles. The second-order valence-electron chi connectivity index (χ2n) is 6.84. The Morgan fingerprint density at radius 2 is 1.72 bits per heavy atom. The molecule has 1 heterocycles. The molecule has 1 atom stereocenters. The summed E-state index contributed by atoms with van der Waals surface area (Å²) in [6.45, 7) is 4.11. The van der Waals surface area contributed by atoms with E-state index in [2.05, 4.69) is 11.8 Å². The van der Waals surface area contributed by atoms with Crippen LogP contribution in [0.4, 0.5) is 8.78 Å². The van der Waals surface area contributed by atoms with Crippen molar-refractivity contribution < 1.29 is 13.5 Å². The Bertz CT molecular complexity index is 671. The van der Waals surface area contributed by atoms with Gasteiger partial charge in [-0.05, 0) is 50.3 Å². The number of hydrogen-bond donors (Lipinski definition) is 0. The van der Waals surface area contributed by atoms with Crippen molar-refractivity contribution in [2.75, 3.05) is 13.1 Å². The first-order valence-corrected chi connectivity index (χ1v) is 8.94. The van der Waals surface area contributed by atoms with Gasteiger partial charge in [-0.25, -0.2) is 8.78 Å². The second kappa shape index (κ2) is 8.07. The zero-order chi connectivity index (χ0) is 17.7. The van der Waals surface area contributed by atoms with Crippen LogP contribution in [0.3, 0.4) is 0 Å². The average Bonchev–Trinajstić information content (AvgIpc) is 2.62. The fourth-order valence-corrected chi connectivity index (χ4v) is 3.49. The summed E-state index contributed by atoms with van der Waals surface area (Å²) in [6.07, 6.45) is 3.47. The standard InChI is InChI=1S/C21H25F2NO/c1-21(25-16-17-8-3-2-4-9-17)13-5-6-14-24(21)15-12-18-19(22)10-7-11-20(18)23/h2-4,7-11H,5-6,12-16H2,1H3. The van der Waals surface area contributed by atoms with Crippen LogP contribution in [0.25, 0.3) is 0 Å². The van der Waals surface area contributed by atoms with Gasteiger partial charge in [0.1, 0.15) is 17.4 Å². The maximum absolute atomic E-state index is 13.9. The molecule has 1 unspecified atom stereocenters. The van der Waals surface area contributed by atoms with Crippen LogP contribution in [0, 0.1) is 11.6 Å². The minimum Gasteiger partial charge on any atom is -0.356 e. The van der Waals surface area contributed by atoms with Crippen LogP contribution < -0.4 is 0 Å². The summed E-state index contributed by atoms with van der Waals surface area (Å²) in [5.41, 5.74) is 0.906. The molecule has 0 aromatic heterocycles. The molecule has 0 amide bonds. The van der Waals surface area contributed by atoms with Crippen molar-refractivity contribution >= 4 is 0 Å². The smallest absolute Gasteiger partial charge is 0.129 e. The van der Waals surface area contributed by atoms with Crippen LogP contribution in [-0.2, 0) is 17.8 Å². The Hall–Kier alpha value is -1.78. The molecule has 2 nitrogen and oxygen atoms in total. The number of likely N-dealkylation sites (tertiary alicyclic amines) is 1. The molecule has 1 aliphatic heterocycles. The summed E-state index contributed by atoms with van der Waals surface area (Å²) in [7, 11) is 0. The van der Waals surface area contributed by atoms with Crippen molar-refractivity contribution in [3.63, 3.8) is 0 Å². The van der Waals surface area contributed by atoms with Gasteiger partial charge >= 0.3 is 0 Å². The second-order valence-corrected chi connectivity index (χ2v) is 6.84. The first kappa shape index (κ1) is 18.0. The molecule has 1 aliphatic rings. The lowest BCUT2D eigenvalue weighted by atomic mass is 9.98. The summed E-state index contributed by atoms with van der Waals surface area (Å²) < 4.78 is 34.0. The summed E-state index contributed by atoms with van der Waals surface area (Å²) in [5.74, 6) is -0.937. The van der Waals surface area contributed by atoms with Gasteiger partial charge in [-0.3, -0.25) is 4.90 Å². The highest BCUT2D eigenvalue weighted by atomic mass is 19.1. The van der Waals surface area contributed by atoms with Crippen LogP contribution in [0.2, 0.25) is 0 Å². The molecular formula is C21H25F2NO. The van der Waals surface area contributed by atoms with E-state index in [-0.39, 0.29) is 5.56 Å². The van der Waals surface area contributed by atoms with E-state index in [1.54, 1.807) is 0 Å². The fraction of sp³-hybridized carbons (Fsp3) is 0.429. The van der Waals surface area contributed by atoms with Gasteiger partial charge in [0.2, 0.25) is 0 Å². The quantitative estimate of drug-likeness (QED) is 0.736. The number of halogens is 2. The van der Waals surface area contributed by atoms with Crippen LogP contribution in [0.1, 0.15) is 37.3 Å². The molecule has 2 aromatic rings. The van der Waals surface area contributed by atoms with Crippen LogP contribution in [0.5, 0.6) is 0 Å². The van der Waals surface area contributed by atoms with Crippen LogP contribution >= 0.6 is 0 Å². The molecule has 25 heavy (non-hydrogen) atoms. The molecule has 0 spiro atoms. The number of hydrogen-bond acceptors (Lipinski definition) is 2. The fourth-order valence-electron chi connectivity index (χ4n) is 3.49. The van der Waals surface area contributed by atoms with Gasteiger partial charge in [-0.2, -0.15) is 0 Å². The Morgan fingerprint density at radius 3 is 2.44 bits per heavy atom. The third kappa shape index (κ3) is 4.44. The minimum atomic E-state index is -0.469. The summed E-state index contributed by atoms with van der Waals surface area (Å²) in [5, 5.41) is 0. The van der Waals surface area contributed by atoms with E-state index in [1.807, 2.05) is 30.3 Å². The van der Waals surface area contributed by atoms with Crippen LogP contribution in [-0.4, -0.2) is 23.7 Å². The van der Waals surface area contributed by atoms with E-state index >= 15 is 0 Å². The molecule has 0 N–H and O–H groups in total. The molecule has 0 radical (unpaired) electrons. The van der Waals surface area contributed by atoms with E-state index < -0.39 is 17.4 Å². The third-order valence-electron chi connectivity index (χ3n) is 5.07. The lowest BCUT2D eigenvalue weighted by Gasteiger charge is -2.44. The highest BCUT2D eigenvalue weighted by Gasteiger charge is 2.35. The van der Waals surface area contributed by atoms with Crippen molar-refractivity contribution in [3.8, 4) is 0 Å². The largest absolute Gasteiger partial charge is 0.356 e. The van der Waals surface area contributed by atoms with Gasteiger partial charge in [0.25, 0.3) is 0 Å². The lowest BCUT2D eigenvalue weighted by molar-refractivity contribution is -0.170. The summed E-state index contributed by atoms with van der Waals surface area (Å²) in [4.78, 5) is 2.23. The first-order valence-electron chi connectivity index (χ1n) is 8.94. The maximum Gasteiger partial charge on any atom is 0.129 e.